The van der Waals surface area contributed by atoms with Crippen LogP contribution in [0, 0.1) is 11.8 Å². The molecule has 0 bridgehead atoms. The number of carbonyl (C=O) groups excluding carboxylic acids is 1. The van der Waals surface area contributed by atoms with Gasteiger partial charge >= 0.3 is 0 Å². The van der Waals surface area contributed by atoms with Crippen LogP contribution in [-0.4, -0.2) is 53.3 Å². The quantitative estimate of drug-likeness (QED) is 0.130. The molecule has 6 rings (SSSR count). The van der Waals surface area contributed by atoms with E-state index in [0.717, 1.165) is 11.1 Å². The zero-order valence-electron chi connectivity index (χ0n) is 27.4. The fourth-order valence-corrected chi connectivity index (χ4v) is 6.13. The molecule has 0 spiro atoms. The highest BCUT2D eigenvalue weighted by molar-refractivity contribution is 6.31. The summed E-state index contributed by atoms with van der Waals surface area (Å²) in [5.41, 5.74) is 10.5. The highest BCUT2D eigenvalue weighted by Crippen LogP contribution is 2.33. The van der Waals surface area contributed by atoms with Crippen LogP contribution < -0.4 is 11.3 Å². The number of nitrogen functional groups attached to an aromatic ring is 1. The van der Waals surface area contributed by atoms with Crippen molar-refractivity contribution in [1.29, 1.82) is 0 Å². The van der Waals surface area contributed by atoms with Crippen molar-refractivity contribution in [2.45, 2.75) is 46.2 Å². The van der Waals surface area contributed by atoms with Crippen LogP contribution in [0.1, 0.15) is 50.1 Å². The summed E-state index contributed by atoms with van der Waals surface area (Å²) < 4.78 is 3.35. The number of benzene rings is 3. The normalized spacial score (nSPS) is 11.1. The van der Waals surface area contributed by atoms with Crippen molar-refractivity contribution < 1.29 is 9.90 Å². The SMILES string of the molecule is CCN(CC)C(=O)CCCC#Cc1cccc2nc(Cn3nc(-c4ccc(O)cc4)c4c(N)cncc43)n(Cc3ccccc3Cl)c(=O)c12. The van der Waals surface area contributed by atoms with Crippen LogP contribution in [0.25, 0.3) is 33.1 Å². The summed E-state index contributed by atoms with van der Waals surface area (Å²) in [6.45, 7) is 5.63. The van der Waals surface area contributed by atoms with Gasteiger partial charge in [-0.2, -0.15) is 5.10 Å². The summed E-state index contributed by atoms with van der Waals surface area (Å²) in [5.74, 6) is 7.06. The number of aromatic nitrogens is 5. The van der Waals surface area contributed by atoms with Gasteiger partial charge in [0.25, 0.3) is 5.56 Å². The Morgan fingerprint density at radius 2 is 1.76 bits per heavy atom. The van der Waals surface area contributed by atoms with Gasteiger partial charge in [-0.25, -0.2) is 4.98 Å². The molecular weight excluding hydrogens is 638 g/mol. The Morgan fingerprint density at radius 1 is 0.980 bits per heavy atom. The fourth-order valence-electron chi connectivity index (χ4n) is 5.93. The largest absolute Gasteiger partial charge is 0.508 e. The zero-order chi connectivity index (χ0) is 34.5. The molecule has 3 aromatic carbocycles. The fraction of sp³-hybridized carbons (Fsp3) is 0.237. The van der Waals surface area contributed by atoms with Gasteiger partial charge in [-0.15, -0.1) is 0 Å². The first kappa shape index (κ1) is 33.2. The van der Waals surface area contributed by atoms with Gasteiger partial charge in [0.1, 0.15) is 17.3 Å². The van der Waals surface area contributed by atoms with Gasteiger partial charge in [0, 0.05) is 42.1 Å². The van der Waals surface area contributed by atoms with E-state index in [1.807, 2.05) is 49.1 Å². The van der Waals surface area contributed by atoms with E-state index in [4.69, 9.17) is 27.4 Å². The van der Waals surface area contributed by atoms with Gasteiger partial charge in [-0.1, -0.05) is 47.7 Å². The average Bonchev–Trinajstić information content (AvgIpc) is 3.47. The molecule has 0 unspecified atom stereocenters. The Balaban J connectivity index is 1.42. The Bertz CT molecular complexity index is 2280. The minimum atomic E-state index is -0.255. The van der Waals surface area contributed by atoms with E-state index < -0.39 is 0 Å². The molecule has 49 heavy (non-hydrogen) atoms. The zero-order valence-corrected chi connectivity index (χ0v) is 28.1. The molecule has 3 heterocycles. The van der Waals surface area contributed by atoms with Crippen LogP contribution in [0.2, 0.25) is 5.02 Å². The first-order chi connectivity index (χ1) is 23.8. The number of unbranched alkanes of at least 4 members (excludes halogenated alkanes) is 1. The third-order valence-corrected chi connectivity index (χ3v) is 8.87. The van der Waals surface area contributed by atoms with E-state index in [9.17, 15) is 14.7 Å². The topological polar surface area (TPSA) is 132 Å². The van der Waals surface area contributed by atoms with Crippen molar-refractivity contribution in [3.05, 3.63) is 111 Å². The van der Waals surface area contributed by atoms with Gasteiger partial charge in [-0.05, 0) is 68.3 Å². The number of hydrogen-bond donors (Lipinski definition) is 2. The van der Waals surface area contributed by atoms with Gasteiger partial charge in [-0.3, -0.25) is 23.8 Å². The predicted molar refractivity (Wildman–Crippen MR) is 193 cm³/mol. The van der Waals surface area contributed by atoms with Crippen LogP contribution in [0.15, 0.2) is 83.9 Å². The van der Waals surface area contributed by atoms with Gasteiger partial charge in [0.05, 0.1) is 53.0 Å². The van der Waals surface area contributed by atoms with Crippen LogP contribution in [0.3, 0.4) is 0 Å². The Labute approximate surface area is 288 Å². The van der Waals surface area contributed by atoms with Crippen molar-refractivity contribution in [2.75, 3.05) is 18.8 Å². The Morgan fingerprint density at radius 3 is 2.51 bits per heavy atom. The van der Waals surface area contributed by atoms with Crippen molar-refractivity contribution >= 4 is 45.0 Å². The molecule has 3 N–H and O–H groups in total. The van der Waals surface area contributed by atoms with Crippen molar-refractivity contribution in [2.24, 2.45) is 0 Å². The summed E-state index contributed by atoms with van der Waals surface area (Å²) in [5, 5.41) is 16.4. The maximum Gasteiger partial charge on any atom is 0.263 e. The second kappa shape index (κ2) is 14.6. The number of fused-ring (bicyclic) bond motifs is 2. The number of carbonyl (C=O) groups is 1. The van der Waals surface area contributed by atoms with Crippen molar-refractivity contribution in [3.63, 3.8) is 0 Å². The molecule has 6 aromatic rings. The smallest absolute Gasteiger partial charge is 0.263 e. The number of phenolic OH excluding ortho intramolecular Hbond substituents is 1. The van der Waals surface area contributed by atoms with Crippen LogP contribution in [-0.2, 0) is 17.9 Å². The summed E-state index contributed by atoms with van der Waals surface area (Å²) >= 11 is 6.58. The molecule has 1 amide bonds. The van der Waals surface area contributed by atoms with E-state index in [0.29, 0.717) is 81.9 Å². The monoisotopic (exact) mass is 673 g/mol. The second-order valence-electron chi connectivity index (χ2n) is 11.6. The molecule has 0 radical (unpaired) electrons. The molecule has 0 aliphatic rings. The molecule has 0 saturated carbocycles. The molecule has 0 atom stereocenters. The van der Waals surface area contributed by atoms with E-state index >= 15 is 0 Å². The number of pyridine rings is 1. The summed E-state index contributed by atoms with van der Waals surface area (Å²) in [7, 11) is 0. The van der Waals surface area contributed by atoms with Crippen LogP contribution >= 0.6 is 11.6 Å². The number of amides is 1. The minimum absolute atomic E-state index is 0.120. The average molecular weight is 674 g/mol. The third-order valence-electron chi connectivity index (χ3n) is 8.50. The van der Waals surface area contributed by atoms with Crippen LogP contribution in [0.5, 0.6) is 5.75 Å². The Kier molecular flexibility index (Phi) is 9.92. The standard InChI is InChI=1S/C38H36ClN7O3/c1-3-44(4-2)34(48)16-7-5-6-11-25-13-10-15-31-35(25)38(49)45(23-27-12-8-9-14-29(27)39)33(42-31)24-46-32-22-41-21-30(40)36(32)37(43-46)26-17-19-28(47)20-18-26/h8-10,12-15,17-22,47H,3-5,7,16,23-24,40H2,1-2H3. The molecule has 248 valence electrons. The molecule has 0 aliphatic carbocycles. The predicted octanol–water partition coefficient (Wildman–Crippen LogP) is 6.24. The number of anilines is 1. The van der Waals surface area contributed by atoms with E-state index in [-0.39, 0.29) is 30.3 Å². The van der Waals surface area contributed by atoms with E-state index in [1.165, 1.54) is 0 Å². The first-order valence-corrected chi connectivity index (χ1v) is 16.6. The lowest BCUT2D eigenvalue weighted by atomic mass is 10.1. The number of rotatable bonds is 10. The minimum Gasteiger partial charge on any atom is -0.508 e. The molecular formula is C38H36ClN7O3. The molecule has 3 aromatic heterocycles. The molecule has 0 fully saturated rings. The lowest BCUT2D eigenvalue weighted by molar-refractivity contribution is -0.130. The van der Waals surface area contributed by atoms with E-state index in [2.05, 4.69) is 16.8 Å². The maximum atomic E-state index is 14.4. The number of phenols is 1. The summed E-state index contributed by atoms with van der Waals surface area (Å²) in [6, 6.07) is 19.6. The summed E-state index contributed by atoms with van der Waals surface area (Å²) in [4.78, 5) is 38.0. The summed E-state index contributed by atoms with van der Waals surface area (Å²) in [6.07, 6.45) is 4.85. The van der Waals surface area contributed by atoms with Crippen molar-refractivity contribution in [1.82, 2.24) is 29.2 Å². The highest BCUT2D eigenvalue weighted by atomic mass is 35.5. The Hall–Kier alpha value is -5.66. The lowest BCUT2D eigenvalue weighted by Gasteiger charge is -2.17. The molecule has 10 nitrogen and oxygen atoms in total. The van der Waals surface area contributed by atoms with Crippen molar-refractivity contribution in [3.8, 4) is 28.8 Å². The van der Waals surface area contributed by atoms with Gasteiger partial charge < -0.3 is 15.7 Å². The number of aromatic hydroxyl groups is 1. The van der Waals surface area contributed by atoms with Gasteiger partial charge in [0.15, 0.2) is 0 Å². The maximum absolute atomic E-state index is 14.4. The highest BCUT2D eigenvalue weighted by Gasteiger charge is 2.20. The number of nitrogens with zero attached hydrogens (tertiary/aromatic N) is 6. The number of nitrogens with two attached hydrogens (primary N) is 1. The van der Waals surface area contributed by atoms with Gasteiger partial charge in [0.2, 0.25) is 5.91 Å². The number of halogens is 1. The lowest BCUT2D eigenvalue weighted by Crippen LogP contribution is -2.30. The second-order valence-corrected chi connectivity index (χ2v) is 12.0. The molecule has 0 saturated heterocycles. The first-order valence-electron chi connectivity index (χ1n) is 16.2. The third kappa shape index (κ3) is 6.98. The van der Waals surface area contributed by atoms with E-state index in [1.54, 1.807) is 58.0 Å². The molecule has 11 heteroatoms. The number of hydrogen-bond acceptors (Lipinski definition) is 7. The van der Waals surface area contributed by atoms with Crippen LogP contribution in [0.4, 0.5) is 5.69 Å². The molecule has 0 aliphatic heterocycles.